The third-order valence-electron chi connectivity index (χ3n) is 12.2. The molecule has 0 amide bonds. The van der Waals surface area contributed by atoms with E-state index in [4.69, 9.17) is 28.2 Å². The first-order valence-corrected chi connectivity index (χ1v) is 21.0. The van der Waals surface area contributed by atoms with Gasteiger partial charge in [-0.05, 0) is 58.7 Å². The minimum atomic E-state index is 0.559. The largest absolute Gasteiger partial charge is 0.456 e. The Morgan fingerprint density at radius 2 is 0.762 bits per heavy atom. The van der Waals surface area contributed by atoms with Gasteiger partial charge >= 0.3 is 0 Å². The molecule has 294 valence electrons. The Labute approximate surface area is 360 Å². The van der Waals surface area contributed by atoms with Crippen LogP contribution in [0.5, 0.6) is 0 Å². The summed E-state index contributed by atoms with van der Waals surface area (Å²) in [5, 5.41) is 6.26. The van der Waals surface area contributed by atoms with E-state index in [0.29, 0.717) is 17.5 Å². The first-order valence-electron chi connectivity index (χ1n) is 21.0. The topological polar surface area (TPSA) is 78.1 Å². The Morgan fingerprint density at radius 3 is 1.56 bits per heavy atom. The highest BCUT2D eigenvalue weighted by molar-refractivity contribution is 6.18. The molecule has 0 atom stereocenters. The van der Waals surface area contributed by atoms with Crippen LogP contribution in [0, 0.1) is 0 Å². The van der Waals surface area contributed by atoms with E-state index < -0.39 is 0 Å². The predicted molar refractivity (Wildman–Crippen MR) is 254 cm³/mol. The van der Waals surface area contributed by atoms with Gasteiger partial charge in [0.1, 0.15) is 33.5 Å². The van der Waals surface area contributed by atoms with Crippen LogP contribution >= 0.6 is 0 Å². The van der Waals surface area contributed by atoms with Crippen molar-refractivity contribution in [3.63, 3.8) is 0 Å². The predicted octanol–water partition coefficient (Wildman–Crippen LogP) is 15.6. The number of benzene rings is 9. The smallest absolute Gasteiger partial charge is 0.164 e. The molecule has 13 aromatic rings. The fourth-order valence-corrected chi connectivity index (χ4v) is 9.21. The highest BCUT2D eigenvalue weighted by atomic mass is 16.3. The maximum absolute atomic E-state index is 6.63. The maximum Gasteiger partial charge on any atom is 0.164 e. The minimum absolute atomic E-state index is 0.559. The molecule has 0 saturated heterocycles. The van der Waals surface area contributed by atoms with E-state index in [1.54, 1.807) is 0 Å². The van der Waals surface area contributed by atoms with Crippen molar-refractivity contribution in [1.29, 1.82) is 0 Å². The molecule has 6 heteroatoms. The Bertz CT molecular complexity index is 3900. The average molecular weight is 808 g/mol. The summed E-state index contributed by atoms with van der Waals surface area (Å²) < 4.78 is 19.6. The lowest BCUT2D eigenvalue weighted by molar-refractivity contribution is 0.669. The maximum atomic E-state index is 6.63. The molecule has 0 bridgehead atoms. The van der Waals surface area contributed by atoms with E-state index in [-0.39, 0.29) is 0 Å². The summed E-state index contributed by atoms with van der Waals surface area (Å²) in [7, 11) is 0. The van der Waals surface area contributed by atoms with Gasteiger partial charge in [0.15, 0.2) is 17.5 Å². The van der Waals surface area contributed by atoms with Crippen molar-refractivity contribution in [3.8, 4) is 67.5 Å². The second-order valence-corrected chi connectivity index (χ2v) is 15.9. The third kappa shape index (κ3) is 5.69. The van der Waals surface area contributed by atoms with Crippen molar-refractivity contribution in [3.05, 3.63) is 200 Å². The van der Waals surface area contributed by atoms with Crippen LogP contribution in [0.25, 0.3) is 133 Å². The molecule has 0 aliphatic carbocycles. The number of furan rings is 3. The summed E-state index contributed by atoms with van der Waals surface area (Å²) in [4.78, 5) is 15.4. The fourth-order valence-electron chi connectivity index (χ4n) is 9.21. The van der Waals surface area contributed by atoms with Crippen molar-refractivity contribution in [2.45, 2.75) is 0 Å². The standard InChI is InChI=1S/C57H33N3O3/c1-3-13-34(14-4-1)41-31-30-39(52-44-18-8-10-23-48(44)63-54(41)52)38-29-32-49-46(33-38)51-45(21-12-24-50(51)61-49)57-59-55(36-15-5-2-6-16-36)58-56(60-57)37-27-25-35(26-28-37)40-19-11-20-43-42-17-7-9-22-47(42)62-53(40)43/h1-33H. The number of fused-ring (bicyclic) bond motifs is 9. The van der Waals surface area contributed by atoms with Crippen LogP contribution in [-0.4, -0.2) is 15.0 Å². The summed E-state index contributed by atoms with van der Waals surface area (Å²) >= 11 is 0. The lowest BCUT2D eigenvalue weighted by Crippen LogP contribution is -2.00. The van der Waals surface area contributed by atoms with Gasteiger partial charge in [-0.3, -0.25) is 0 Å². The van der Waals surface area contributed by atoms with Crippen LogP contribution in [0.2, 0.25) is 0 Å². The van der Waals surface area contributed by atoms with Crippen LogP contribution in [0.3, 0.4) is 0 Å². The zero-order valence-electron chi connectivity index (χ0n) is 33.6. The Hall–Kier alpha value is -8.61. The summed E-state index contributed by atoms with van der Waals surface area (Å²) in [6.07, 6.45) is 0. The van der Waals surface area contributed by atoms with E-state index in [0.717, 1.165) is 116 Å². The van der Waals surface area contributed by atoms with Crippen LogP contribution in [0.4, 0.5) is 0 Å². The van der Waals surface area contributed by atoms with Gasteiger partial charge in [-0.25, -0.2) is 15.0 Å². The molecule has 4 heterocycles. The Morgan fingerprint density at radius 1 is 0.254 bits per heavy atom. The molecule has 9 aromatic carbocycles. The highest BCUT2D eigenvalue weighted by Crippen LogP contribution is 2.44. The van der Waals surface area contributed by atoms with Gasteiger partial charge in [0, 0.05) is 60.1 Å². The first-order chi connectivity index (χ1) is 31.2. The molecule has 6 nitrogen and oxygen atoms in total. The van der Waals surface area contributed by atoms with Gasteiger partial charge in [-0.2, -0.15) is 0 Å². The van der Waals surface area contributed by atoms with E-state index in [1.807, 2.05) is 78.9 Å². The zero-order valence-corrected chi connectivity index (χ0v) is 33.6. The molecule has 0 fully saturated rings. The molecule has 0 saturated carbocycles. The number of hydrogen-bond acceptors (Lipinski definition) is 6. The molecular formula is C57H33N3O3. The van der Waals surface area contributed by atoms with E-state index in [9.17, 15) is 0 Å². The minimum Gasteiger partial charge on any atom is -0.456 e. The van der Waals surface area contributed by atoms with Gasteiger partial charge in [0.05, 0.1) is 0 Å². The molecule has 0 spiro atoms. The van der Waals surface area contributed by atoms with Crippen LogP contribution in [-0.2, 0) is 0 Å². The van der Waals surface area contributed by atoms with Crippen LogP contribution in [0.1, 0.15) is 0 Å². The lowest BCUT2D eigenvalue weighted by atomic mass is 9.93. The molecule has 0 unspecified atom stereocenters. The SMILES string of the molecule is c1ccc(-c2nc(-c3ccc(-c4cccc5c4oc4ccccc45)cc3)nc(-c3cccc4oc5ccc(-c6ccc(-c7ccccc7)c7oc8ccccc8c67)cc5c34)n2)cc1. The Kier molecular flexibility index (Phi) is 7.80. The molecule has 0 aliphatic heterocycles. The monoisotopic (exact) mass is 807 g/mol. The number of para-hydroxylation sites is 3. The fraction of sp³-hybridized carbons (Fsp3) is 0. The molecule has 4 aromatic heterocycles. The highest BCUT2D eigenvalue weighted by Gasteiger charge is 2.21. The van der Waals surface area contributed by atoms with Crippen LogP contribution in [0.15, 0.2) is 213 Å². The van der Waals surface area contributed by atoms with Crippen molar-refractivity contribution >= 4 is 65.8 Å². The average Bonchev–Trinajstić information content (AvgIpc) is 4.06. The van der Waals surface area contributed by atoms with Gasteiger partial charge < -0.3 is 13.3 Å². The van der Waals surface area contributed by atoms with Gasteiger partial charge in [0.2, 0.25) is 0 Å². The molecule has 13 rings (SSSR count). The quantitative estimate of drug-likeness (QED) is 0.166. The molecule has 0 aliphatic rings. The van der Waals surface area contributed by atoms with Crippen molar-refractivity contribution < 1.29 is 13.3 Å². The second kappa shape index (κ2) is 14.0. The summed E-state index contributed by atoms with van der Waals surface area (Å²) in [5.41, 5.74) is 14.0. The van der Waals surface area contributed by atoms with Crippen molar-refractivity contribution in [1.82, 2.24) is 15.0 Å². The number of aromatic nitrogens is 3. The summed E-state index contributed by atoms with van der Waals surface area (Å²) in [6, 6.07) is 68.5. The number of rotatable bonds is 6. The van der Waals surface area contributed by atoms with E-state index >= 15 is 0 Å². The lowest BCUT2D eigenvalue weighted by Gasteiger charge is -2.10. The summed E-state index contributed by atoms with van der Waals surface area (Å²) in [5.74, 6) is 1.72. The van der Waals surface area contributed by atoms with Gasteiger partial charge in [-0.15, -0.1) is 0 Å². The van der Waals surface area contributed by atoms with Gasteiger partial charge in [0.25, 0.3) is 0 Å². The Balaban J connectivity index is 0.966. The van der Waals surface area contributed by atoms with Crippen molar-refractivity contribution in [2.24, 2.45) is 0 Å². The zero-order chi connectivity index (χ0) is 41.4. The molecule has 0 N–H and O–H groups in total. The second-order valence-electron chi connectivity index (χ2n) is 15.9. The molecule has 63 heavy (non-hydrogen) atoms. The third-order valence-corrected chi connectivity index (χ3v) is 12.2. The van der Waals surface area contributed by atoms with E-state index in [1.165, 1.54) is 0 Å². The normalized spacial score (nSPS) is 11.8. The van der Waals surface area contributed by atoms with Crippen LogP contribution < -0.4 is 0 Å². The molecular weight excluding hydrogens is 775 g/mol. The number of hydrogen-bond donors (Lipinski definition) is 0. The first kappa shape index (κ1) is 35.2. The van der Waals surface area contributed by atoms with Gasteiger partial charge in [-0.1, -0.05) is 164 Å². The molecule has 0 radical (unpaired) electrons. The summed E-state index contributed by atoms with van der Waals surface area (Å²) in [6.45, 7) is 0. The number of nitrogens with zero attached hydrogens (tertiary/aromatic N) is 3. The van der Waals surface area contributed by atoms with Crippen molar-refractivity contribution in [2.75, 3.05) is 0 Å². The van der Waals surface area contributed by atoms with E-state index in [2.05, 4.69) is 121 Å².